The number of rotatable bonds is 5. The summed E-state index contributed by atoms with van der Waals surface area (Å²) in [6, 6.07) is 6.80. The Morgan fingerprint density at radius 3 is 2.45 bits per heavy atom. The normalized spacial score (nSPS) is 8.95. The number of anilines is 1. The molecule has 0 amide bonds. The zero-order valence-corrected chi connectivity index (χ0v) is 13.9. The van der Waals surface area contributed by atoms with Gasteiger partial charge < -0.3 is 14.5 Å². The van der Waals surface area contributed by atoms with Crippen molar-refractivity contribution in [3.8, 4) is 0 Å². The molecule has 1 heterocycles. The highest BCUT2D eigenvalue weighted by Crippen LogP contribution is 2.21. The van der Waals surface area contributed by atoms with Crippen LogP contribution in [0.15, 0.2) is 33.5 Å². The van der Waals surface area contributed by atoms with Crippen molar-refractivity contribution in [2.24, 2.45) is 0 Å². The molecule has 0 bridgehead atoms. The highest BCUT2D eigenvalue weighted by Gasteiger charge is 2.06. The summed E-state index contributed by atoms with van der Waals surface area (Å²) >= 11 is 0. The van der Waals surface area contributed by atoms with Crippen LogP contribution in [-0.2, 0) is 16.1 Å². The number of benzene rings is 1. The maximum Gasteiger partial charge on any atom is 0.336 e. The number of fused-ring (bicyclic) bond motifs is 1. The molecule has 0 spiro atoms. The fourth-order valence-corrected chi connectivity index (χ4v) is 1.79. The summed E-state index contributed by atoms with van der Waals surface area (Å²) in [7, 11) is 0. The van der Waals surface area contributed by atoms with Gasteiger partial charge in [0.2, 0.25) is 0 Å². The molecule has 0 saturated carbocycles. The lowest BCUT2D eigenvalue weighted by Crippen LogP contribution is -2.03. The maximum absolute atomic E-state index is 11.4. The molecule has 1 N–H and O–H groups in total. The van der Waals surface area contributed by atoms with Gasteiger partial charge in [-0.25, -0.2) is 4.79 Å². The van der Waals surface area contributed by atoms with Crippen molar-refractivity contribution in [1.82, 2.24) is 0 Å². The zero-order chi connectivity index (χ0) is 17.0. The Balaban J connectivity index is 0.00000102. The molecule has 22 heavy (non-hydrogen) atoms. The Bertz CT molecular complexity index is 620. The third-order valence-corrected chi connectivity index (χ3v) is 2.52. The first-order chi connectivity index (χ1) is 10.7. The number of hydrogen-bond acceptors (Lipinski definition) is 5. The van der Waals surface area contributed by atoms with Gasteiger partial charge in [-0.15, -0.1) is 0 Å². The summed E-state index contributed by atoms with van der Waals surface area (Å²) in [6.45, 7) is 11.2. The third-order valence-electron chi connectivity index (χ3n) is 2.52. The van der Waals surface area contributed by atoms with Gasteiger partial charge in [-0.3, -0.25) is 4.79 Å². The summed E-state index contributed by atoms with van der Waals surface area (Å²) in [5, 5.41) is 3.89. The molecule has 0 fully saturated rings. The molecular formula is C17H25NO4. The van der Waals surface area contributed by atoms with Crippen molar-refractivity contribution >= 4 is 23.1 Å². The predicted octanol–water partition coefficient (Wildman–Crippen LogP) is 3.95. The molecule has 0 radical (unpaired) electrons. The standard InChI is InChI=1S/C13H13NO4.2C2H6/c1-2-14-10-3-4-11-9(7-17-8-15)5-13(16)18-12(11)6-10;2*1-2/h3-6,8,14H,2,7H2,1H3;2*1-2H3. The first-order valence-corrected chi connectivity index (χ1v) is 7.60. The Morgan fingerprint density at radius 1 is 1.18 bits per heavy atom. The summed E-state index contributed by atoms with van der Waals surface area (Å²) in [5.41, 5.74) is 1.53. The second-order valence-electron chi connectivity index (χ2n) is 3.74. The SMILES string of the molecule is CC.CC.CCNc1ccc2c(COC=O)cc(=O)oc2c1. The van der Waals surface area contributed by atoms with Gasteiger partial charge in [0.1, 0.15) is 12.2 Å². The third kappa shape index (κ3) is 5.60. The Hall–Kier alpha value is -2.30. The predicted molar refractivity (Wildman–Crippen MR) is 90.2 cm³/mol. The fourth-order valence-electron chi connectivity index (χ4n) is 1.79. The lowest BCUT2D eigenvalue weighted by Gasteiger charge is -2.07. The molecular weight excluding hydrogens is 282 g/mol. The highest BCUT2D eigenvalue weighted by molar-refractivity contribution is 5.83. The molecule has 1 aromatic carbocycles. The average molecular weight is 307 g/mol. The van der Waals surface area contributed by atoms with E-state index in [4.69, 9.17) is 4.42 Å². The Kier molecular flexibility index (Phi) is 10.2. The van der Waals surface area contributed by atoms with E-state index in [0.717, 1.165) is 17.6 Å². The van der Waals surface area contributed by atoms with Gasteiger partial charge in [0.15, 0.2) is 0 Å². The molecule has 0 aliphatic carbocycles. The highest BCUT2D eigenvalue weighted by atomic mass is 16.5. The van der Waals surface area contributed by atoms with Gasteiger partial charge >= 0.3 is 5.63 Å². The summed E-state index contributed by atoms with van der Waals surface area (Å²) < 4.78 is 9.81. The summed E-state index contributed by atoms with van der Waals surface area (Å²) in [5.74, 6) is 0. The maximum atomic E-state index is 11.4. The van der Waals surface area contributed by atoms with Crippen LogP contribution in [0.2, 0.25) is 0 Å². The van der Waals surface area contributed by atoms with Crippen LogP contribution >= 0.6 is 0 Å². The fraction of sp³-hybridized carbons (Fsp3) is 0.412. The van der Waals surface area contributed by atoms with E-state index in [-0.39, 0.29) is 6.61 Å². The van der Waals surface area contributed by atoms with Gasteiger partial charge in [0.25, 0.3) is 6.47 Å². The van der Waals surface area contributed by atoms with Crippen molar-refractivity contribution in [2.75, 3.05) is 11.9 Å². The second-order valence-corrected chi connectivity index (χ2v) is 3.74. The van der Waals surface area contributed by atoms with E-state index in [1.165, 1.54) is 6.07 Å². The lowest BCUT2D eigenvalue weighted by molar-refractivity contribution is -0.129. The van der Waals surface area contributed by atoms with Crippen LogP contribution in [0.1, 0.15) is 40.2 Å². The van der Waals surface area contributed by atoms with Crippen LogP contribution in [-0.4, -0.2) is 13.0 Å². The quantitative estimate of drug-likeness (QED) is 0.669. The van der Waals surface area contributed by atoms with Gasteiger partial charge in [0.05, 0.1) is 0 Å². The van der Waals surface area contributed by atoms with Crippen LogP contribution in [0.4, 0.5) is 5.69 Å². The van der Waals surface area contributed by atoms with Crippen LogP contribution in [0, 0.1) is 0 Å². The largest absolute Gasteiger partial charge is 0.463 e. The number of ether oxygens (including phenoxy) is 1. The van der Waals surface area contributed by atoms with E-state index in [1.54, 1.807) is 6.07 Å². The van der Waals surface area contributed by atoms with Crippen molar-refractivity contribution in [2.45, 2.75) is 41.2 Å². The van der Waals surface area contributed by atoms with Crippen LogP contribution in [0.3, 0.4) is 0 Å². The van der Waals surface area contributed by atoms with Crippen LogP contribution in [0.25, 0.3) is 11.0 Å². The van der Waals surface area contributed by atoms with Crippen molar-refractivity contribution in [1.29, 1.82) is 0 Å². The van der Waals surface area contributed by atoms with Gasteiger partial charge in [0, 0.05) is 35.3 Å². The molecule has 0 aliphatic heterocycles. The van der Waals surface area contributed by atoms with E-state index in [1.807, 2.05) is 46.8 Å². The van der Waals surface area contributed by atoms with Crippen molar-refractivity contribution in [3.05, 3.63) is 40.2 Å². The average Bonchev–Trinajstić information content (AvgIpc) is 2.56. The minimum absolute atomic E-state index is 0.0617. The lowest BCUT2D eigenvalue weighted by atomic mass is 10.1. The van der Waals surface area contributed by atoms with Gasteiger partial charge in [-0.05, 0) is 19.1 Å². The topological polar surface area (TPSA) is 68.5 Å². The number of nitrogens with one attached hydrogen (secondary N) is 1. The van der Waals surface area contributed by atoms with E-state index >= 15 is 0 Å². The molecule has 0 saturated heterocycles. The second kappa shape index (κ2) is 11.4. The van der Waals surface area contributed by atoms with Crippen molar-refractivity contribution in [3.63, 3.8) is 0 Å². The molecule has 5 heteroatoms. The molecule has 1 aromatic heterocycles. The van der Waals surface area contributed by atoms with Crippen molar-refractivity contribution < 1.29 is 13.9 Å². The smallest absolute Gasteiger partial charge is 0.336 e. The molecule has 0 unspecified atom stereocenters. The minimum Gasteiger partial charge on any atom is -0.463 e. The van der Waals surface area contributed by atoms with E-state index < -0.39 is 5.63 Å². The summed E-state index contributed by atoms with van der Waals surface area (Å²) in [6.07, 6.45) is 0. The molecule has 2 aromatic rings. The van der Waals surface area contributed by atoms with Crippen LogP contribution in [0.5, 0.6) is 0 Å². The van der Waals surface area contributed by atoms with Crippen LogP contribution < -0.4 is 10.9 Å². The molecule has 2 rings (SSSR count). The first-order valence-electron chi connectivity index (χ1n) is 7.60. The monoisotopic (exact) mass is 307 g/mol. The van der Waals surface area contributed by atoms with Gasteiger partial charge in [-0.2, -0.15) is 0 Å². The Morgan fingerprint density at radius 2 is 1.86 bits per heavy atom. The molecule has 0 aliphatic rings. The minimum atomic E-state index is -0.458. The number of carbonyl (C=O) groups is 1. The molecule has 122 valence electrons. The summed E-state index contributed by atoms with van der Waals surface area (Å²) in [4.78, 5) is 21.6. The molecule has 0 atom stereocenters. The number of hydrogen-bond donors (Lipinski definition) is 1. The Labute approximate surface area is 131 Å². The number of carbonyl (C=O) groups excluding carboxylic acids is 1. The van der Waals surface area contributed by atoms with E-state index in [0.29, 0.717) is 17.6 Å². The first kappa shape index (κ1) is 19.7. The van der Waals surface area contributed by atoms with Gasteiger partial charge in [-0.1, -0.05) is 27.7 Å². The van der Waals surface area contributed by atoms with E-state index in [2.05, 4.69) is 10.1 Å². The molecule has 5 nitrogen and oxygen atoms in total. The van der Waals surface area contributed by atoms with E-state index in [9.17, 15) is 9.59 Å². The zero-order valence-electron chi connectivity index (χ0n) is 13.9.